The topological polar surface area (TPSA) is 63.9 Å². The quantitative estimate of drug-likeness (QED) is 0.870. The SMILES string of the molecule is C[C@H]1CCCN(C(=O)Cn2nnc(-c3cccc(Cl)c3)n2)C1. The van der Waals surface area contributed by atoms with E-state index >= 15 is 0 Å². The zero-order valence-electron chi connectivity index (χ0n) is 12.4. The molecular weight excluding hydrogens is 302 g/mol. The monoisotopic (exact) mass is 319 g/mol. The third-order valence-corrected chi connectivity index (χ3v) is 4.06. The second kappa shape index (κ2) is 6.44. The number of halogens is 1. The van der Waals surface area contributed by atoms with Crippen LogP contribution in [0.2, 0.25) is 5.02 Å². The zero-order valence-corrected chi connectivity index (χ0v) is 13.2. The van der Waals surface area contributed by atoms with Gasteiger partial charge in [0.1, 0.15) is 6.54 Å². The van der Waals surface area contributed by atoms with E-state index in [4.69, 9.17) is 11.6 Å². The Balaban J connectivity index is 1.68. The van der Waals surface area contributed by atoms with Crippen molar-refractivity contribution in [3.8, 4) is 11.4 Å². The molecule has 0 bridgehead atoms. The van der Waals surface area contributed by atoms with E-state index in [0.29, 0.717) is 16.8 Å². The molecule has 116 valence electrons. The molecule has 7 heteroatoms. The van der Waals surface area contributed by atoms with Gasteiger partial charge in [-0.3, -0.25) is 4.79 Å². The number of hydrogen-bond acceptors (Lipinski definition) is 4. The number of nitrogens with zero attached hydrogens (tertiary/aromatic N) is 5. The molecule has 1 aliphatic rings. The van der Waals surface area contributed by atoms with Crippen LogP contribution in [0.15, 0.2) is 24.3 Å². The van der Waals surface area contributed by atoms with E-state index in [2.05, 4.69) is 22.3 Å². The molecule has 0 saturated carbocycles. The summed E-state index contributed by atoms with van der Waals surface area (Å²) in [4.78, 5) is 15.5. The number of piperidine rings is 1. The first-order valence-electron chi connectivity index (χ1n) is 7.43. The Kier molecular flexibility index (Phi) is 4.38. The third kappa shape index (κ3) is 3.44. The van der Waals surface area contributed by atoms with E-state index in [1.165, 1.54) is 11.2 Å². The number of hydrogen-bond donors (Lipinski definition) is 0. The molecule has 0 spiro atoms. The Bertz CT molecular complexity index is 671. The standard InChI is InChI=1S/C15H18ClN5O/c1-11-4-3-7-20(9-11)14(22)10-21-18-15(17-19-21)12-5-2-6-13(16)8-12/h2,5-6,8,11H,3-4,7,9-10H2,1H3/t11-/m0/s1. The Hall–Kier alpha value is -1.95. The van der Waals surface area contributed by atoms with Gasteiger partial charge in [-0.15, -0.1) is 10.2 Å². The van der Waals surface area contributed by atoms with Gasteiger partial charge in [0, 0.05) is 23.7 Å². The summed E-state index contributed by atoms with van der Waals surface area (Å²) in [7, 11) is 0. The molecule has 0 N–H and O–H groups in total. The maximum atomic E-state index is 12.3. The van der Waals surface area contributed by atoms with E-state index in [0.717, 1.165) is 25.1 Å². The van der Waals surface area contributed by atoms with E-state index in [1.54, 1.807) is 12.1 Å². The molecule has 1 aliphatic heterocycles. The highest BCUT2D eigenvalue weighted by Gasteiger charge is 2.21. The predicted octanol–water partition coefficient (Wildman–Crippen LogP) is 2.25. The fraction of sp³-hybridized carbons (Fsp3) is 0.467. The molecule has 6 nitrogen and oxygen atoms in total. The van der Waals surface area contributed by atoms with Crippen molar-refractivity contribution in [1.82, 2.24) is 25.1 Å². The summed E-state index contributed by atoms with van der Waals surface area (Å²) in [5.41, 5.74) is 0.790. The van der Waals surface area contributed by atoms with Crippen LogP contribution in [0.5, 0.6) is 0 Å². The molecule has 1 fully saturated rings. The molecule has 1 saturated heterocycles. The van der Waals surface area contributed by atoms with Crippen molar-refractivity contribution in [2.75, 3.05) is 13.1 Å². The van der Waals surface area contributed by atoms with Gasteiger partial charge in [-0.1, -0.05) is 30.7 Å². The van der Waals surface area contributed by atoms with Crippen molar-refractivity contribution in [3.63, 3.8) is 0 Å². The van der Waals surface area contributed by atoms with Crippen LogP contribution in [0.4, 0.5) is 0 Å². The summed E-state index contributed by atoms with van der Waals surface area (Å²) in [6, 6.07) is 7.26. The highest BCUT2D eigenvalue weighted by molar-refractivity contribution is 6.30. The van der Waals surface area contributed by atoms with Crippen molar-refractivity contribution in [2.24, 2.45) is 5.92 Å². The Morgan fingerprint density at radius 2 is 2.32 bits per heavy atom. The van der Waals surface area contributed by atoms with E-state index < -0.39 is 0 Å². The fourth-order valence-corrected chi connectivity index (χ4v) is 2.88. The molecule has 1 aromatic heterocycles. The average Bonchev–Trinajstić information content (AvgIpc) is 2.96. The van der Waals surface area contributed by atoms with Gasteiger partial charge in [-0.2, -0.15) is 4.80 Å². The summed E-state index contributed by atoms with van der Waals surface area (Å²) >= 11 is 5.96. The van der Waals surface area contributed by atoms with Crippen molar-refractivity contribution in [2.45, 2.75) is 26.3 Å². The number of tetrazole rings is 1. The molecule has 1 atom stereocenters. The second-order valence-corrected chi connectivity index (χ2v) is 6.18. The van der Waals surface area contributed by atoms with Crippen molar-refractivity contribution in [1.29, 1.82) is 0 Å². The molecule has 2 aromatic rings. The fourth-order valence-electron chi connectivity index (χ4n) is 2.69. The van der Waals surface area contributed by atoms with Gasteiger partial charge >= 0.3 is 0 Å². The lowest BCUT2D eigenvalue weighted by molar-refractivity contribution is -0.134. The maximum absolute atomic E-state index is 12.3. The van der Waals surface area contributed by atoms with Crippen LogP contribution in [-0.2, 0) is 11.3 Å². The third-order valence-electron chi connectivity index (χ3n) is 3.82. The molecule has 0 unspecified atom stereocenters. The van der Waals surface area contributed by atoms with Gasteiger partial charge in [-0.05, 0) is 36.1 Å². The first-order chi connectivity index (χ1) is 10.6. The number of carbonyl (C=O) groups is 1. The van der Waals surface area contributed by atoms with Crippen LogP contribution in [0.3, 0.4) is 0 Å². The number of benzene rings is 1. The highest BCUT2D eigenvalue weighted by Crippen LogP contribution is 2.19. The van der Waals surface area contributed by atoms with Crippen LogP contribution in [0, 0.1) is 5.92 Å². The van der Waals surface area contributed by atoms with Crippen LogP contribution in [-0.4, -0.2) is 44.1 Å². The molecule has 0 radical (unpaired) electrons. The lowest BCUT2D eigenvalue weighted by Gasteiger charge is -2.30. The summed E-state index contributed by atoms with van der Waals surface area (Å²) < 4.78 is 0. The van der Waals surface area contributed by atoms with Crippen LogP contribution >= 0.6 is 11.6 Å². The van der Waals surface area contributed by atoms with Crippen LogP contribution in [0.25, 0.3) is 11.4 Å². The number of aromatic nitrogens is 4. The second-order valence-electron chi connectivity index (χ2n) is 5.74. The summed E-state index contributed by atoms with van der Waals surface area (Å²) in [6.45, 7) is 3.93. The molecule has 2 heterocycles. The molecule has 0 aliphatic carbocycles. The number of rotatable bonds is 3. The number of likely N-dealkylation sites (tertiary alicyclic amines) is 1. The molecule has 3 rings (SSSR count). The van der Waals surface area contributed by atoms with Crippen LogP contribution < -0.4 is 0 Å². The maximum Gasteiger partial charge on any atom is 0.246 e. The van der Waals surface area contributed by atoms with Crippen molar-refractivity contribution in [3.05, 3.63) is 29.3 Å². The van der Waals surface area contributed by atoms with Gasteiger partial charge in [0.15, 0.2) is 0 Å². The Morgan fingerprint density at radius 1 is 1.45 bits per heavy atom. The summed E-state index contributed by atoms with van der Waals surface area (Å²) in [5.74, 6) is 1.08. The van der Waals surface area contributed by atoms with Gasteiger partial charge in [0.2, 0.25) is 11.7 Å². The van der Waals surface area contributed by atoms with E-state index in [9.17, 15) is 4.79 Å². The number of carbonyl (C=O) groups excluding carboxylic acids is 1. The van der Waals surface area contributed by atoms with Gasteiger partial charge in [0.25, 0.3) is 0 Å². The molecular formula is C15H18ClN5O. The average molecular weight is 320 g/mol. The van der Waals surface area contributed by atoms with E-state index in [-0.39, 0.29) is 12.5 Å². The molecule has 22 heavy (non-hydrogen) atoms. The minimum Gasteiger partial charge on any atom is -0.341 e. The zero-order chi connectivity index (χ0) is 15.5. The molecule has 1 aromatic carbocycles. The van der Waals surface area contributed by atoms with Gasteiger partial charge in [0.05, 0.1) is 0 Å². The van der Waals surface area contributed by atoms with Gasteiger partial charge < -0.3 is 4.90 Å². The first-order valence-corrected chi connectivity index (χ1v) is 7.81. The van der Waals surface area contributed by atoms with Crippen molar-refractivity contribution >= 4 is 17.5 Å². The summed E-state index contributed by atoms with van der Waals surface area (Å²) in [5, 5.41) is 12.8. The minimum atomic E-state index is 0.0431. The number of amides is 1. The largest absolute Gasteiger partial charge is 0.341 e. The van der Waals surface area contributed by atoms with E-state index in [1.807, 2.05) is 17.0 Å². The first kappa shape index (κ1) is 15.0. The smallest absolute Gasteiger partial charge is 0.246 e. The minimum absolute atomic E-state index is 0.0431. The Labute approximate surface area is 134 Å². The predicted molar refractivity (Wildman–Crippen MR) is 83.2 cm³/mol. The lowest BCUT2D eigenvalue weighted by Crippen LogP contribution is -2.41. The summed E-state index contributed by atoms with van der Waals surface area (Å²) in [6.07, 6.45) is 2.25. The van der Waals surface area contributed by atoms with Crippen LogP contribution in [0.1, 0.15) is 19.8 Å². The highest BCUT2D eigenvalue weighted by atomic mass is 35.5. The lowest BCUT2D eigenvalue weighted by atomic mass is 10.0. The normalized spacial score (nSPS) is 18.5. The van der Waals surface area contributed by atoms with Crippen molar-refractivity contribution < 1.29 is 4.79 Å². The Morgan fingerprint density at radius 3 is 3.09 bits per heavy atom. The molecule has 1 amide bonds. The van der Waals surface area contributed by atoms with Gasteiger partial charge in [-0.25, -0.2) is 0 Å².